The van der Waals surface area contributed by atoms with Gasteiger partial charge >= 0.3 is 0 Å². The maximum absolute atomic E-state index is 5.18. The molecule has 8 nitrogen and oxygen atoms in total. The molecule has 9 heteroatoms. The Bertz CT molecular complexity index is 6980. The van der Waals surface area contributed by atoms with Gasteiger partial charge in [0.25, 0.3) is 0 Å². The Labute approximate surface area is 627 Å². The van der Waals surface area contributed by atoms with Crippen molar-refractivity contribution in [2.24, 2.45) is 0 Å². The van der Waals surface area contributed by atoms with E-state index in [9.17, 15) is 0 Å². The largest absolute Gasteiger partial charge is 0.309 e. The van der Waals surface area contributed by atoms with Crippen LogP contribution in [-0.2, 0) is 0 Å². The van der Waals surface area contributed by atoms with E-state index in [1.54, 1.807) is 0 Å². The summed E-state index contributed by atoms with van der Waals surface area (Å²) < 4.78 is 9.61. The average Bonchev–Trinajstić information content (AvgIpc) is 1.59. The molecule has 0 aliphatic rings. The van der Waals surface area contributed by atoms with Crippen LogP contribution in [-0.4, -0.2) is 38.6 Å². The number of rotatable bonds is 11. The molecule has 0 bridgehead atoms. The molecule has 21 aromatic rings. The summed E-state index contributed by atoms with van der Waals surface area (Å²) in [6, 6.07) is 127. The van der Waals surface area contributed by atoms with Gasteiger partial charge in [-0.15, -0.1) is 11.3 Å². The zero-order valence-electron chi connectivity index (χ0n) is 59.1. The molecule has 0 saturated carbocycles. The van der Waals surface area contributed by atoms with E-state index in [2.05, 4.69) is 319 Å². The highest BCUT2D eigenvalue weighted by Gasteiger charge is 2.22. The Balaban J connectivity index is 0.000000144. The van der Waals surface area contributed by atoms with Crippen molar-refractivity contribution in [2.45, 2.75) is 13.8 Å². The fraction of sp³-hybridized carbons (Fsp3) is 0.0202. The topological polar surface area (TPSA) is 79.2 Å². The summed E-state index contributed by atoms with van der Waals surface area (Å²) in [6.07, 6.45) is 1.87. The van der Waals surface area contributed by atoms with Gasteiger partial charge < -0.3 is 9.13 Å². The Morgan fingerprint density at radius 2 is 0.713 bits per heavy atom. The molecule has 6 heterocycles. The Morgan fingerprint density at radius 1 is 0.259 bits per heavy atom. The lowest BCUT2D eigenvalue weighted by atomic mass is 9.98. The predicted octanol–water partition coefficient (Wildman–Crippen LogP) is 26.0. The molecule has 0 N–H and O–H groups in total. The Hall–Kier alpha value is -14.0. The van der Waals surface area contributed by atoms with Crippen molar-refractivity contribution in [1.82, 2.24) is 38.6 Å². The molecule has 15 aromatic carbocycles. The molecule has 0 radical (unpaired) electrons. The molecule has 0 atom stereocenters. The summed E-state index contributed by atoms with van der Waals surface area (Å²) >= 11 is 1.86. The second-order valence-electron chi connectivity index (χ2n) is 27.7. The van der Waals surface area contributed by atoms with Gasteiger partial charge in [-0.1, -0.05) is 260 Å². The van der Waals surface area contributed by atoms with E-state index in [-0.39, 0.29) is 0 Å². The summed E-state index contributed by atoms with van der Waals surface area (Å²) in [5.74, 6) is 2.60. The molecule has 6 aromatic heterocycles. The van der Waals surface area contributed by atoms with Crippen LogP contribution in [0.3, 0.4) is 0 Å². The van der Waals surface area contributed by atoms with Crippen LogP contribution < -0.4 is 0 Å². The number of thiophene rings is 1. The van der Waals surface area contributed by atoms with Crippen molar-refractivity contribution in [3.05, 3.63) is 375 Å². The maximum Gasteiger partial charge on any atom is 0.235 e. The summed E-state index contributed by atoms with van der Waals surface area (Å²) in [5.41, 5.74) is 26.1. The van der Waals surface area contributed by atoms with Crippen molar-refractivity contribution < 1.29 is 0 Å². The zero-order chi connectivity index (χ0) is 71.8. The molecule has 0 aliphatic carbocycles. The maximum atomic E-state index is 5.18. The molecule has 0 amide bonds. The third kappa shape index (κ3) is 11.3. The second-order valence-corrected chi connectivity index (χ2v) is 28.7. The fourth-order valence-electron chi connectivity index (χ4n) is 16.0. The summed E-state index contributed by atoms with van der Waals surface area (Å²) in [4.78, 5) is 24.9. The molecule has 0 fully saturated rings. The first kappa shape index (κ1) is 63.7. The predicted molar refractivity (Wildman–Crippen MR) is 451 cm³/mol. The molecular weight excluding hydrogens is 1330 g/mol. The van der Waals surface area contributed by atoms with E-state index in [0.717, 1.165) is 50.4 Å². The van der Waals surface area contributed by atoms with Gasteiger partial charge in [0.15, 0.2) is 17.5 Å². The minimum atomic E-state index is 0.641. The van der Waals surface area contributed by atoms with E-state index in [0.29, 0.717) is 23.4 Å². The van der Waals surface area contributed by atoms with E-state index < -0.39 is 0 Å². The molecule has 108 heavy (non-hydrogen) atoms. The smallest absolute Gasteiger partial charge is 0.235 e. The van der Waals surface area contributed by atoms with E-state index >= 15 is 0 Å². The molecule has 0 unspecified atom stereocenters. The van der Waals surface area contributed by atoms with Crippen LogP contribution in [0.5, 0.6) is 0 Å². The molecule has 0 saturated heterocycles. The SMILES string of the molecule is Cc1cc(C)c2c(c1)c1cc(-c3ccc4c(c3)c3ccccc3n4-c3ccccc3)ccc1n2-c1ccc(-c2nc(-c3ccccc3)nc(-c3ccccc3)n2)cc1.c1ccc(-c2cccc(-c3ccc(-c4ccnc(-n5c6ccccc6c6ccc(-c7cccc8c7sc7ccccc78)cc65)n4)cc3)c2)cc1. The molecule has 0 aliphatic heterocycles. The van der Waals surface area contributed by atoms with Gasteiger partial charge in [0.1, 0.15) is 0 Å². The summed E-state index contributed by atoms with van der Waals surface area (Å²) in [5, 5.41) is 9.95. The van der Waals surface area contributed by atoms with Crippen LogP contribution in [0.4, 0.5) is 0 Å². The number of hydrogen-bond donors (Lipinski definition) is 0. The van der Waals surface area contributed by atoms with Crippen molar-refractivity contribution in [3.63, 3.8) is 0 Å². The standard InChI is InChI=1S/C53H37N5.C46H29N3S/c1-34-30-35(2)50-46(31-34)45-33-40(39-24-28-48-44(32-39)43-20-12-13-21-47(43)57(48)41-18-10-5-11-19-41)25-29-49(45)58(50)42-26-22-38(23-27-42)53-55-51(36-14-6-3-7-15-36)54-52(56-53)37-16-8-4-9-17-37;1-2-10-30(11-3-1)33-12-8-13-34(28-33)31-20-22-32(23-21-31)41-26-27-47-46(48-41)49-42-18-6-4-14-37(42)38-25-24-35(29-43(38)49)36-16-9-17-40-39-15-5-7-19-44(39)50-45(36)40/h3-33H,1-2H3;1-29H. The van der Waals surface area contributed by atoms with Gasteiger partial charge in [0.2, 0.25) is 5.95 Å². The third-order valence-electron chi connectivity index (χ3n) is 21.0. The number of para-hydroxylation sites is 3. The highest BCUT2D eigenvalue weighted by molar-refractivity contribution is 7.26. The summed E-state index contributed by atoms with van der Waals surface area (Å²) in [6.45, 7) is 4.41. The van der Waals surface area contributed by atoms with Crippen molar-refractivity contribution >= 4 is 96.9 Å². The van der Waals surface area contributed by atoms with Crippen molar-refractivity contribution in [1.29, 1.82) is 0 Å². The van der Waals surface area contributed by atoms with Crippen molar-refractivity contribution in [2.75, 3.05) is 0 Å². The minimum Gasteiger partial charge on any atom is -0.309 e. The average molecular weight is 1400 g/mol. The highest BCUT2D eigenvalue weighted by Crippen LogP contribution is 2.44. The van der Waals surface area contributed by atoms with Crippen molar-refractivity contribution in [3.8, 4) is 107 Å². The first-order valence-corrected chi connectivity index (χ1v) is 37.3. The van der Waals surface area contributed by atoms with Gasteiger partial charge in [-0.2, -0.15) is 0 Å². The lowest BCUT2D eigenvalue weighted by Gasteiger charge is -2.12. The van der Waals surface area contributed by atoms with Crippen LogP contribution in [0.2, 0.25) is 0 Å². The van der Waals surface area contributed by atoms with Gasteiger partial charge in [-0.3, -0.25) is 4.57 Å². The minimum absolute atomic E-state index is 0.641. The lowest BCUT2D eigenvalue weighted by Crippen LogP contribution is -2.01. The first-order chi connectivity index (χ1) is 53.3. The molecular formula is C99H66N8S. The normalized spacial score (nSPS) is 11.6. The number of aromatic nitrogens is 8. The quantitative estimate of drug-likeness (QED) is 0.129. The van der Waals surface area contributed by atoms with Gasteiger partial charge in [0.05, 0.1) is 38.8 Å². The monoisotopic (exact) mass is 1400 g/mol. The fourth-order valence-corrected chi connectivity index (χ4v) is 17.2. The number of fused-ring (bicyclic) bond motifs is 12. The number of aryl methyl sites for hydroxylation is 2. The molecule has 21 rings (SSSR count). The van der Waals surface area contributed by atoms with Crippen LogP contribution in [0, 0.1) is 13.8 Å². The molecule has 0 spiro atoms. The highest BCUT2D eigenvalue weighted by atomic mass is 32.1. The van der Waals surface area contributed by atoms with E-state index in [1.165, 1.54) is 130 Å². The number of benzene rings is 15. The Morgan fingerprint density at radius 3 is 1.38 bits per heavy atom. The summed E-state index contributed by atoms with van der Waals surface area (Å²) in [7, 11) is 0. The van der Waals surface area contributed by atoms with Crippen LogP contribution in [0.1, 0.15) is 11.1 Å². The van der Waals surface area contributed by atoms with E-state index in [4.69, 9.17) is 24.9 Å². The third-order valence-corrected chi connectivity index (χ3v) is 22.2. The molecule has 508 valence electrons. The first-order valence-electron chi connectivity index (χ1n) is 36.5. The zero-order valence-corrected chi connectivity index (χ0v) is 59.9. The number of hydrogen-bond acceptors (Lipinski definition) is 6. The number of nitrogens with zero attached hydrogens (tertiary/aromatic N) is 8. The van der Waals surface area contributed by atoms with Gasteiger partial charge in [0, 0.05) is 92.3 Å². The Kier molecular flexibility index (Phi) is 15.7. The van der Waals surface area contributed by atoms with Crippen LogP contribution >= 0.6 is 11.3 Å². The van der Waals surface area contributed by atoms with Crippen LogP contribution in [0.25, 0.3) is 193 Å². The van der Waals surface area contributed by atoms with Gasteiger partial charge in [-0.25, -0.2) is 24.9 Å². The van der Waals surface area contributed by atoms with Crippen LogP contribution in [0.15, 0.2) is 364 Å². The lowest BCUT2D eigenvalue weighted by molar-refractivity contribution is 0.992. The van der Waals surface area contributed by atoms with E-state index in [1.807, 2.05) is 84.3 Å². The van der Waals surface area contributed by atoms with Gasteiger partial charge in [-0.05, 0) is 167 Å². The second kappa shape index (κ2) is 26.6.